The summed E-state index contributed by atoms with van der Waals surface area (Å²) in [5.41, 5.74) is 2.04. The molecule has 0 amide bonds. The summed E-state index contributed by atoms with van der Waals surface area (Å²) in [5, 5.41) is 0. The molecule has 0 N–H and O–H groups in total. The Morgan fingerprint density at radius 3 is 2.20 bits per heavy atom. The summed E-state index contributed by atoms with van der Waals surface area (Å²) in [5.74, 6) is 0.831. The second-order valence-corrected chi connectivity index (χ2v) is 2.32. The quantitative estimate of drug-likeness (QED) is 0.582. The van der Waals surface area contributed by atoms with Crippen molar-refractivity contribution in [2.45, 2.75) is 20.3 Å². The minimum Gasteiger partial charge on any atom is -0.238 e. The first-order valence-electron chi connectivity index (χ1n) is 3.33. The molecule has 0 bridgehead atoms. The van der Waals surface area contributed by atoms with E-state index in [2.05, 4.69) is 16.9 Å². The summed E-state index contributed by atoms with van der Waals surface area (Å²) in [4.78, 5) is 8.36. The molecule has 1 heterocycles. The second kappa shape index (κ2) is 2.78. The lowest BCUT2D eigenvalue weighted by Crippen LogP contribution is -1.96. The first kappa shape index (κ1) is 7.19. The predicted molar refractivity (Wildman–Crippen MR) is 40.6 cm³/mol. The highest BCUT2D eigenvalue weighted by molar-refractivity contribution is 5.08. The fourth-order valence-corrected chi connectivity index (χ4v) is 0.911. The van der Waals surface area contributed by atoms with Gasteiger partial charge in [-0.1, -0.05) is 0 Å². The standard InChI is InChI=1S/C8H11N2/c1-4-8-9-6(2)5-7(3)10-8/h5H,1,4H2,2-3H3. The zero-order chi connectivity index (χ0) is 7.56. The van der Waals surface area contributed by atoms with E-state index >= 15 is 0 Å². The topological polar surface area (TPSA) is 25.8 Å². The summed E-state index contributed by atoms with van der Waals surface area (Å²) in [6.07, 6.45) is 0.669. The van der Waals surface area contributed by atoms with Crippen molar-refractivity contribution in [1.82, 2.24) is 9.97 Å². The van der Waals surface area contributed by atoms with Crippen molar-refractivity contribution >= 4 is 0 Å². The highest BCUT2D eigenvalue weighted by Gasteiger charge is 1.94. The molecule has 0 saturated heterocycles. The predicted octanol–water partition coefficient (Wildman–Crippen LogP) is 1.47. The molecule has 0 aliphatic carbocycles. The molecule has 10 heavy (non-hydrogen) atoms. The number of nitrogens with zero attached hydrogens (tertiary/aromatic N) is 2. The Kier molecular flexibility index (Phi) is 2.00. The third-order valence-corrected chi connectivity index (χ3v) is 1.25. The van der Waals surface area contributed by atoms with Crippen LogP contribution >= 0.6 is 0 Å². The van der Waals surface area contributed by atoms with Gasteiger partial charge >= 0.3 is 0 Å². The maximum Gasteiger partial charge on any atom is 0.128 e. The second-order valence-electron chi connectivity index (χ2n) is 2.32. The van der Waals surface area contributed by atoms with Crippen LogP contribution in [0.1, 0.15) is 17.2 Å². The van der Waals surface area contributed by atoms with Crippen LogP contribution in [0.5, 0.6) is 0 Å². The van der Waals surface area contributed by atoms with Gasteiger partial charge in [0.2, 0.25) is 0 Å². The molecule has 53 valence electrons. The molecule has 1 radical (unpaired) electrons. The van der Waals surface area contributed by atoms with Crippen molar-refractivity contribution in [2.75, 3.05) is 0 Å². The van der Waals surface area contributed by atoms with Crippen molar-refractivity contribution < 1.29 is 0 Å². The summed E-state index contributed by atoms with van der Waals surface area (Å²) >= 11 is 0. The van der Waals surface area contributed by atoms with Crippen LogP contribution in [0.2, 0.25) is 0 Å². The molecule has 2 nitrogen and oxygen atoms in total. The molecule has 0 atom stereocenters. The summed E-state index contributed by atoms with van der Waals surface area (Å²) in [7, 11) is 0. The molecular formula is C8H11N2. The maximum atomic E-state index is 4.18. The summed E-state index contributed by atoms with van der Waals surface area (Å²) < 4.78 is 0. The van der Waals surface area contributed by atoms with E-state index in [1.54, 1.807) is 0 Å². The van der Waals surface area contributed by atoms with Gasteiger partial charge in [-0.05, 0) is 26.8 Å². The largest absolute Gasteiger partial charge is 0.238 e. The third-order valence-electron chi connectivity index (χ3n) is 1.25. The first-order chi connectivity index (χ1) is 4.72. The van der Waals surface area contributed by atoms with Crippen LogP contribution in [0, 0.1) is 20.8 Å². The van der Waals surface area contributed by atoms with Gasteiger partial charge in [-0.25, -0.2) is 9.97 Å². The van der Waals surface area contributed by atoms with Gasteiger partial charge in [0.25, 0.3) is 0 Å². The molecule has 0 fully saturated rings. The van der Waals surface area contributed by atoms with Crippen molar-refractivity contribution in [2.24, 2.45) is 0 Å². The number of aryl methyl sites for hydroxylation is 2. The van der Waals surface area contributed by atoms with E-state index in [1.165, 1.54) is 0 Å². The van der Waals surface area contributed by atoms with Gasteiger partial charge in [-0.2, -0.15) is 0 Å². The lowest BCUT2D eigenvalue weighted by Gasteiger charge is -1.98. The van der Waals surface area contributed by atoms with E-state index in [-0.39, 0.29) is 0 Å². The van der Waals surface area contributed by atoms with Gasteiger partial charge in [0.15, 0.2) is 0 Å². The summed E-state index contributed by atoms with van der Waals surface area (Å²) in [6.45, 7) is 7.65. The zero-order valence-electron chi connectivity index (χ0n) is 6.39. The minimum absolute atomic E-state index is 0.669. The number of rotatable bonds is 1. The average molecular weight is 135 g/mol. The van der Waals surface area contributed by atoms with Gasteiger partial charge < -0.3 is 0 Å². The molecule has 1 aromatic heterocycles. The van der Waals surface area contributed by atoms with Crippen LogP contribution in [0.4, 0.5) is 0 Å². The van der Waals surface area contributed by atoms with E-state index < -0.39 is 0 Å². The highest BCUT2D eigenvalue weighted by atomic mass is 14.9. The third kappa shape index (κ3) is 1.53. The lowest BCUT2D eigenvalue weighted by atomic mass is 10.3. The van der Waals surface area contributed by atoms with Crippen molar-refractivity contribution in [3.63, 3.8) is 0 Å². The van der Waals surface area contributed by atoms with Crippen LogP contribution in [0.25, 0.3) is 0 Å². The molecule has 0 aliphatic rings. The van der Waals surface area contributed by atoms with E-state index in [9.17, 15) is 0 Å². The van der Waals surface area contributed by atoms with Crippen LogP contribution in [-0.4, -0.2) is 9.97 Å². The normalized spacial score (nSPS) is 9.90. The fraction of sp³-hybridized carbons (Fsp3) is 0.375. The van der Waals surface area contributed by atoms with Crippen LogP contribution in [-0.2, 0) is 6.42 Å². The molecule has 0 spiro atoms. The Morgan fingerprint density at radius 1 is 1.30 bits per heavy atom. The fourth-order valence-electron chi connectivity index (χ4n) is 0.911. The number of aromatic nitrogens is 2. The first-order valence-corrected chi connectivity index (χ1v) is 3.33. The minimum atomic E-state index is 0.669. The average Bonchev–Trinajstić information content (AvgIpc) is 1.85. The van der Waals surface area contributed by atoms with Crippen LogP contribution in [0.15, 0.2) is 6.07 Å². The Labute approximate surface area is 61.3 Å². The van der Waals surface area contributed by atoms with Gasteiger partial charge in [0.05, 0.1) is 0 Å². The Hall–Kier alpha value is -0.920. The van der Waals surface area contributed by atoms with Gasteiger partial charge in [0, 0.05) is 17.8 Å². The van der Waals surface area contributed by atoms with Crippen LogP contribution in [0.3, 0.4) is 0 Å². The molecule has 0 saturated carbocycles. The van der Waals surface area contributed by atoms with Gasteiger partial charge in [0.1, 0.15) is 5.82 Å². The van der Waals surface area contributed by atoms with Crippen LogP contribution < -0.4 is 0 Å². The lowest BCUT2D eigenvalue weighted by molar-refractivity contribution is 0.931. The molecule has 1 rings (SSSR count). The molecule has 0 aliphatic heterocycles. The smallest absolute Gasteiger partial charge is 0.128 e. The maximum absolute atomic E-state index is 4.18. The van der Waals surface area contributed by atoms with Crippen molar-refractivity contribution in [3.05, 3.63) is 30.2 Å². The van der Waals surface area contributed by atoms with Gasteiger partial charge in [-0.15, -0.1) is 0 Å². The molecule has 2 heteroatoms. The zero-order valence-corrected chi connectivity index (χ0v) is 6.39. The Balaban J connectivity index is 3.06. The Morgan fingerprint density at radius 2 is 1.80 bits per heavy atom. The SMILES string of the molecule is [CH2]Cc1nc(C)cc(C)n1. The monoisotopic (exact) mass is 135 g/mol. The van der Waals surface area contributed by atoms with E-state index in [0.29, 0.717) is 6.42 Å². The molecule has 0 unspecified atom stereocenters. The van der Waals surface area contributed by atoms with E-state index in [1.807, 2.05) is 19.9 Å². The Bertz CT molecular complexity index is 210. The molecular weight excluding hydrogens is 124 g/mol. The van der Waals surface area contributed by atoms with E-state index in [4.69, 9.17) is 0 Å². The van der Waals surface area contributed by atoms with Crippen molar-refractivity contribution in [3.8, 4) is 0 Å². The molecule has 1 aromatic rings. The van der Waals surface area contributed by atoms with Crippen molar-refractivity contribution in [1.29, 1.82) is 0 Å². The highest BCUT2D eigenvalue weighted by Crippen LogP contribution is 1.98. The molecule has 0 aromatic carbocycles. The van der Waals surface area contributed by atoms with Gasteiger partial charge in [-0.3, -0.25) is 0 Å². The number of hydrogen-bond donors (Lipinski definition) is 0. The van der Waals surface area contributed by atoms with E-state index in [0.717, 1.165) is 17.2 Å². The number of hydrogen-bond acceptors (Lipinski definition) is 2. The summed E-state index contributed by atoms with van der Waals surface area (Å²) in [6, 6.07) is 1.96.